The van der Waals surface area contributed by atoms with Crippen molar-refractivity contribution in [3.05, 3.63) is 77.5 Å². The maximum Gasteiger partial charge on any atom is 0.254 e. The number of hydrogen-bond donors (Lipinski definition) is 0. The summed E-state index contributed by atoms with van der Waals surface area (Å²) in [6.07, 6.45) is 6.55. The zero-order chi connectivity index (χ0) is 22.5. The lowest BCUT2D eigenvalue weighted by Crippen LogP contribution is -2.37. The van der Waals surface area contributed by atoms with Crippen LogP contribution < -0.4 is 0 Å². The van der Waals surface area contributed by atoms with Crippen LogP contribution in [0.15, 0.2) is 60.8 Å². The summed E-state index contributed by atoms with van der Waals surface area (Å²) in [5, 5.41) is 1.16. The highest BCUT2D eigenvalue weighted by Gasteiger charge is 2.25. The predicted octanol–water partition coefficient (Wildman–Crippen LogP) is 4.55. The second-order valence-corrected chi connectivity index (χ2v) is 9.42. The van der Waals surface area contributed by atoms with Crippen LogP contribution in [0.5, 0.6) is 0 Å². The molecule has 3 heterocycles. The summed E-state index contributed by atoms with van der Waals surface area (Å²) in [6, 6.07) is 18.7. The number of nitrogens with zero attached hydrogens (tertiary/aromatic N) is 3. The lowest BCUT2D eigenvalue weighted by atomic mass is 9.97. The maximum atomic E-state index is 13.6. The Balaban J connectivity index is 1.30. The van der Waals surface area contributed by atoms with Crippen LogP contribution in [0, 0.1) is 5.92 Å². The molecule has 172 valence electrons. The van der Waals surface area contributed by atoms with E-state index in [4.69, 9.17) is 4.74 Å². The molecule has 1 aromatic heterocycles. The van der Waals surface area contributed by atoms with Gasteiger partial charge in [0.2, 0.25) is 0 Å². The molecular weight excluding hydrogens is 410 g/mol. The Bertz CT molecular complexity index is 1090. The lowest BCUT2D eigenvalue weighted by Gasteiger charge is -2.28. The van der Waals surface area contributed by atoms with Crippen molar-refractivity contribution in [2.45, 2.75) is 32.2 Å². The molecule has 5 heteroatoms. The van der Waals surface area contributed by atoms with Crippen LogP contribution >= 0.6 is 0 Å². The Hall–Kier alpha value is -2.76. The molecule has 2 aliphatic heterocycles. The number of hydrogen-bond acceptors (Lipinski definition) is 4. The monoisotopic (exact) mass is 443 g/mol. The summed E-state index contributed by atoms with van der Waals surface area (Å²) in [7, 11) is 0. The third kappa shape index (κ3) is 5.43. The van der Waals surface area contributed by atoms with Crippen molar-refractivity contribution in [1.29, 1.82) is 0 Å². The molecule has 0 bridgehead atoms. The van der Waals surface area contributed by atoms with E-state index in [9.17, 15) is 4.79 Å². The Kier molecular flexibility index (Phi) is 6.98. The third-order valence-corrected chi connectivity index (χ3v) is 6.91. The molecule has 33 heavy (non-hydrogen) atoms. The van der Waals surface area contributed by atoms with Gasteiger partial charge in [0, 0.05) is 42.7 Å². The maximum absolute atomic E-state index is 13.6. The van der Waals surface area contributed by atoms with Gasteiger partial charge in [-0.1, -0.05) is 36.8 Å². The molecule has 0 radical (unpaired) electrons. The van der Waals surface area contributed by atoms with E-state index < -0.39 is 0 Å². The van der Waals surface area contributed by atoms with Gasteiger partial charge in [-0.15, -0.1) is 0 Å². The number of piperidine rings is 1. The quantitative estimate of drug-likeness (QED) is 0.580. The number of rotatable bonds is 5. The van der Waals surface area contributed by atoms with Gasteiger partial charge < -0.3 is 9.64 Å². The van der Waals surface area contributed by atoms with Crippen LogP contribution in [-0.2, 0) is 17.7 Å². The molecule has 5 rings (SSSR count). The summed E-state index contributed by atoms with van der Waals surface area (Å²) in [4.78, 5) is 22.5. The van der Waals surface area contributed by atoms with E-state index in [2.05, 4.69) is 46.3 Å². The second kappa shape index (κ2) is 10.4. The standard InChI is InChI=1S/C28H33N3O2/c32-28(26-9-3-2-7-25(26)20-30-13-4-1-5-14-30)31-15-16-33-21-23(19-31)17-22-10-11-27-24(18-22)8-6-12-29-27/h2-3,6-12,18,23H,1,4-5,13-17,19-21H2/t23-/m1/s1. The first-order valence-electron chi connectivity index (χ1n) is 12.3. The number of aromatic nitrogens is 1. The van der Waals surface area contributed by atoms with Crippen molar-refractivity contribution in [2.24, 2.45) is 5.92 Å². The summed E-state index contributed by atoms with van der Waals surface area (Å²) in [6.45, 7) is 5.77. The Labute approximate surface area is 196 Å². The molecule has 3 aromatic rings. The van der Waals surface area contributed by atoms with Crippen molar-refractivity contribution in [3.63, 3.8) is 0 Å². The number of fused-ring (bicyclic) bond motifs is 1. The fourth-order valence-electron chi connectivity index (χ4n) is 5.17. The van der Waals surface area contributed by atoms with Gasteiger partial charge in [-0.25, -0.2) is 0 Å². The molecule has 1 amide bonds. The number of pyridine rings is 1. The van der Waals surface area contributed by atoms with Crippen molar-refractivity contribution >= 4 is 16.8 Å². The van der Waals surface area contributed by atoms with Gasteiger partial charge in [-0.3, -0.25) is 14.7 Å². The second-order valence-electron chi connectivity index (χ2n) is 9.42. The number of benzene rings is 2. The van der Waals surface area contributed by atoms with Crippen LogP contribution in [0.25, 0.3) is 10.9 Å². The molecule has 2 aromatic carbocycles. The van der Waals surface area contributed by atoms with E-state index in [1.165, 1.54) is 24.8 Å². The topological polar surface area (TPSA) is 45.7 Å². The van der Waals surface area contributed by atoms with E-state index in [0.29, 0.717) is 19.8 Å². The van der Waals surface area contributed by atoms with Crippen LogP contribution in [0.3, 0.4) is 0 Å². The zero-order valence-corrected chi connectivity index (χ0v) is 19.3. The van der Waals surface area contributed by atoms with E-state index >= 15 is 0 Å². The molecule has 0 N–H and O–H groups in total. The summed E-state index contributed by atoms with van der Waals surface area (Å²) in [5.74, 6) is 0.417. The van der Waals surface area contributed by atoms with Gasteiger partial charge in [0.05, 0.1) is 18.7 Å². The molecule has 2 saturated heterocycles. The SMILES string of the molecule is O=C(c1ccccc1CN1CCCCC1)N1CCOC[C@H](Cc2ccc3ncccc3c2)C1. The largest absolute Gasteiger partial charge is 0.379 e. The molecule has 0 saturated carbocycles. The first-order chi connectivity index (χ1) is 16.3. The molecule has 1 atom stereocenters. The molecule has 0 aliphatic carbocycles. The minimum atomic E-state index is 0.140. The van der Waals surface area contributed by atoms with E-state index in [0.717, 1.165) is 54.6 Å². The number of carbonyl (C=O) groups excluding carboxylic acids is 1. The summed E-state index contributed by atoms with van der Waals surface area (Å²) in [5.41, 5.74) is 4.28. The number of carbonyl (C=O) groups is 1. The fraction of sp³-hybridized carbons (Fsp3) is 0.429. The average molecular weight is 444 g/mol. The van der Waals surface area contributed by atoms with E-state index in [-0.39, 0.29) is 11.8 Å². The van der Waals surface area contributed by atoms with E-state index in [1.54, 1.807) is 0 Å². The van der Waals surface area contributed by atoms with Gasteiger partial charge >= 0.3 is 0 Å². The first-order valence-corrected chi connectivity index (χ1v) is 12.3. The molecule has 0 unspecified atom stereocenters. The predicted molar refractivity (Wildman–Crippen MR) is 131 cm³/mol. The summed E-state index contributed by atoms with van der Waals surface area (Å²) >= 11 is 0. The fourth-order valence-corrected chi connectivity index (χ4v) is 5.17. The lowest BCUT2D eigenvalue weighted by molar-refractivity contribution is 0.0734. The Morgan fingerprint density at radius 2 is 1.88 bits per heavy atom. The van der Waals surface area contributed by atoms with Crippen molar-refractivity contribution in [1.82, 2.24) is 14.8 Å². The van der Waals surface area contributed by atoms with Crippen LogP contribution in [0.4, 0.5) is 0 Å². The minimum Gasteiger partial charge on any atom is -0.379 e. The average Bonchev–Trinajstić information content (AvgIpc) is 3.10. The van der Waals surface area contributed by atoms with Crippen molar-refractivity contribution in [2.75, 3.05) is 39.4 Å². The Morgan fingerprint density at radius 3 is 2.79 bits per heavy atom. The van der Waals surface area contributed by atoms with Gasteiger partial charge in [0.25, 0.3) is 5.91 Å². The van der Waals surface area contributed by atoms with Gasteiger partial charge in [-0.05, 0) is 67.7 Å². The third-order valence-electron chi connectivity index (χ3n) is 6.91. The van der Waals surface area contributed by atoms with Crippen molar-refractivity contribution in [3.8, 4) is 0 Å². The van der Waals surface area contributed by atoms with Crippen molar-refractivity contribution < 1.29 is 9.53 Å². The number of likely N-dealkylation sites (tertiary alicyclic amines) is 1. The molecule has 2 aliphatic rings. The number of ether oxygens (including phenoxy) is 1. The van der Waals surface area contributed by atoms with Crippen LogP contribution in [0.2, 0.25) is 0 Å². The van der Waals surface area contributed by atoms with Crippen LogP contribution in [-0.4, -0.2) is 60.1 Å². The molecular formula is C28H33N3O2. The summed E-state index contributed by atoms with van der Waals surface area (Å²) < 4.78 is 5.92. The molecule has 5 nitrogen and oxygen atoms in total. The minimum absolute atomic E-state index is 0.140. The normalized spacial score (nSPS) is 20.0. The van der Waals surface area contributed by atoms with Crippen LogP contribution in [0.1, 0.15) is 40.7 Å². The molecule has 0 spiro atoms. The van der Waals surface area contributed by atoms with Gasteiger partial charge in [0.15, 0.2) is 0 Å². The van der Waals surface area contributed by atoms with Gasteiger partial charge in [-0.2, -0.15) is 0 Å². The zero-order valence-electron chi connectivity index (χ0n) is 19.3. The highest BCUT2D eigenvalue weighted by atomic mass is 16.5. The van der Waals surface area contributed by atoms with E-state index in [1.807, 2.05) is 29.3 Å². The molecule has 2 fully saturated rings. The van der Waals surface area contributed by atoms with Gasteiger partial charge in [0.1, 0.15) is 0 Å². The highest BCUT2D eigenvalue weighted by molar-refractivity contribution is 5.95. The number of amides is 1. The highest BCUT2D eigenvalue weighted by Crippen LogP contribution is 2.22. The smallest absolute Gasteiger partial charge is 0.254 e. The first kappa shape index (κ1) is 22.1. The Morgan fingerprint density at radius 1 is 1.00 bits per heavy atom.